The van der Waals surface area contributed by atoms with Crippen molar-refractivity contribution >= 4 is 16.9 Å². The average molecular weight is 206 g/mol. The van der Waals surface area contributed by atoms with Crippen LogP contribution in [0.4, 0.5) is 0 Å². The molecule has 1 aromatic carbocycles. The number of fused-ring (bicyclic) bond motifs is 1. The molecule has 0 aliphatic heterocycles. The van der Waals surface area contributed by atoms with E-state index < -0.39 is 0 Å². The third-order valence-electron chi connectivity index (χ3n) is 2.14. The molecule has 0 fully saturated rings. The number of hydrogen-bond donors (Lipinski definition) is 1. The summed E-state index contributed by atoms with van der Waals surface area (Å²) in [7, 11) is 1.32. The minimum Gasteiger partial charge on any atom is -0.507 e. The molecule has 0 radical (unpaired) electrons. The van der Waals surface area contributed by atoms with Crippen molar-refractivity contribution in [2.24, 2.45) is 0 Å². The van der Waals surface area contributed by atoms with Gasteiger partial charge in [-0.3, -0.25) is 4.79 Å². The van der Waals surface area contributed by atoms with Crippen molar-refractivity contribution in [3.8, 4) is 5.75 Å². The molecule has 1 heterocycles. The summed E-state index contributed by atoms with van der Waals surface area (Å²) in [5, 5.41) is 10.1. The van der Waals surface area contributed by atoms with Crippen molar-refractivity contribution in [2.45, 2.75) is 6.42 Å². The van der Waals surface area contributed by atoms with E-state index in [1.54, 1.807) is 24.3 Å². The minimum absolute atomic E-state index is 0.0740. The molecule has 4 nitrogen and oxygen atoms in total. The van der Waals surface area contributed by atoms with Crippen LogP contribution in [0.15, 0.2) is 28.7 Å². The summed E-state index contributed by atoms with van der Waals surface area (Å²) in [6.45, 7) is 0. The predicted molar refractivity (Wildman–Crippen MR) is 53.6 cm³/mol. The molecule has 1 aromatic heterocycles. The summed E-state index contributed by atoms with van der Waals surface area (Å²) in [6.07, 6.45) is 0.0740. The van der Waals surface area contributed by atoms with E-state index in [9.17, 15) is 9.90 Å². The van der Waals surface area contributed by atoms with Crippen LogP contribution in [0, 0.1) is 0 Å². The van der Waals surface area contributed by atoms with Crippen molar-refractivity contribution in [3.63, 3.8) is 0 Å². The molecule has 0 spiro atoms. The van der Waals surface area contributed by atoms with Gasteiger partial charge in [-0.15, -0.1) is 0 Å². The Morgan fingerprint density at radius 1 is 1.53 bits per heavy atom. The summed E-state index contributed by atoms with van der Waals surface area (Å²) in [5.74, 6) is 0.263. The number of carbonyl (C=O) groups excluding carboxylic acids is 1. The maximum Gasteiger partial charge on any atom is 0.313 e. The number of furan rings is 1. The summed E-state index contributed by atoms with van der Waals surface area (Å²) < 4.78 is 9.88. The van der Waals surface area contributed by atoms with Crippen molar-refractivity contribution in [2.75, 3.05) is 7.11 Å². The lowest BCUT2D eigenvalue weighted by atomic mass is 10.2. The average Bonchev–Trinajstić information content (AvgIpc) is 2.62. The topological polar surface area (TPSA) is 59.7 Å². The van der Waals surface area contributed by atoms with Gasteiger partial charge in [0, 0.05) is 0 Å². The smallest absolute Gasteiger partial charge is 0.313 e. The van der Waals surface area contributed by atoms with Crippen molar-refractivity contribution in [1.29, 1.82) is 0 Å². The largest absolute Gasteiger partial charge is 0.507 e. The highest BCUT2D eigenvalue weighted by Gasteiger charge is 2.10. The lowest BCUT2D eigenvalue weighted by Crippen LogP contribution is -2.02. The standard InChI is InChI=1S/C11H10O4/c1-14-11(13)6-7-5-8-9(12)3-2-4-10(8)15-7/h2-5,12H,6H2,1H3. The highest BCUT2D eigenvalue weighted by Crippen LogP contribution is 2.27. The Hall–Kier alpha value is -1.97. The molecule has 0 amide bonds. The quantitative estimate of drug-likeness (QED) is 0.762. The lowest BCUT2D eigenvalue weighted by Gasteiger charge is -1.93. The molecule has 78 valence electrons. The first kappa shape index (κ1) is 9.58. The fourth-order valence-corrected chi connectivity index (χ4v) is 1.40. The van der Waals surface area contributed by atoms with Crippen LogP contribution in [0.5, 0.6) is 5.75 Å². The second kappa shape index (κ2) is 3.65. The third-order valence-corrected chi connectivity index (χ3v) is 2.14. The lowest BCUT2D eigenvalue weighted by molar-refractivity contribution is -0.140. The van der Waals surface area contributed by atoms with E-state index in [0.29, 0.717) is 16.7 Å². The molecule has 0 aliphatic carbocycles. The van der Waals surface area contributed by atoms with Crippen LogP contribution in [0.2, 0.25) is 0 Å². The fraction of sp³-hybridized carbons (Fsp3) is 0.182. The first-order valence-electron chi connectivity index (χ1n) is 4.48. The Morgan fingerprint density at radius 3 is 3.00 bits per heavy atom. The normalized spacial score (nSPS) is 10.5. The van der Waals surface area contributed by atoms with E-state index in [0.717, 1.165) is 0 Å². The number of phenols is 1. The van der Waals surface area contributed by atoms with Crippen LogP contribution in [-0.4, -0.2) is 18.2 Å². The van der Waals surface area contributed by atoms with Crippen LogP contribution in [0.3, 0.4) is 0 Å². The van der Waals surface area contributed by atoms with E-state index in [1.807, 2.05) is 0 Å². The molecule has 2 rings (SSSR count). The molecular weight excluding hydrogens is 196 g/mol. The van der Waals surface area contributed by atoms with Crippen LogP contribution < -0.4 is 0 Å². The number of aromatic hydroxyl groups is 1. The zero-order valence-electron chi connectivity index (χ0n) is 8.19. The van der Waals surface area contributed by atoms with Gasteiger partial charge in [0.1, 0.15) is 23.5 Å². The molecule has 0 saturated heterocycles. The number of benzene rings is 1. The zero-order valence-corrected chi connectivity index (χ0v) is 8.19. The van der Waals surface area contributed by atoms with Gasteiger partial charge in [-0.25, -0.2) is 0 Å². The summed E-state index contributed by atoms with van der Waals surface area (Å²) in [5.41, 5.74) is 0.564. The van der Waals surface area contributed by atoms with Crippen LogP contribution in [0.1, 0.15) is 5.76 Å². The molecule has 0 atom stereocenters. The second-order valence-corrected chi connectivity index (χ2v) is 3.15. The molecule has 0 saturated carbocycles. The number of methoxy groups -OCH3 is 1. The van der Waals surface area contributed by atoms with E-state index in [2.05, 4.69) is 4.74 Å². The monoisotopic (exact) mass is 206 g/mol. The molecule has 15 heavy (non-hydrogen) atoms. The maximum atomic E-state index is 11.0. The molecule has 4 heteroatoms. The SMILES string of the molecule is COC(=O)Cc1cc2c(O)cccc2o1. The van der Waals surface area contributed by atoms with Gasteiger partial charge in [0.15, 0.2) is 0 Å². The zero-order chi connectivity index (χ0) is 10.8. The summed E-state index contributed by atoms with van der Waals surface area (Å²) in [6, 6.07) is 6.63. The Morgan fingerprint density at radius 2 is 2.33 bits per heavy atom. The van der Waals surface area contributed by atoms with Crippen LogP contribution in [0.25, 0.3) is 11.0 Å². The Balaban J connectivity index is 2.39. The van der Waals surface area contributed by atoms with Gasteiger partial charge in [0.05, 0.1) is 12.5 Å². The maximum absolute atomic E-state index is 11.0. The number of hydrogen-bond acceptors (Lipinski definition) is 4. The van der Waals surface area contributed by atoms with Crippen molar-refractivity contribution in [1.82, 2.24) is 0 Å². The summed E-state index contributed by atoms with van der Waals surface area (Å²) in [4.78, 5) is 11.0. The Kier molecular flexibility index (Phi) is 2.33. The van der Waals surface area contributed by atoms with E-state index in [-0.39, 0.29) is 18.1 Å². The number of rotatable bonds is 2. The van der Waals surface area contributed by atoms with Gasteiger partial charge in [-0.2, -0.15) is 0 Å². The third kappa shape index (κ3) is 1.79. The van der Waals surface area contributed by atoms with Gasteiger partial charge in [0.25, 0.3) is 0 Å². The van der Waals surface area contributed by atoms with Crippen molar-refractivity contribution < 1.29 is 19.1 Å². The van der Waals surface area contributed by atoms with Gasteiger partial charge in [-0.05, 0) is 18.2 Å². The molecule has 0 unspecified atom stereocenters. The second-order valence-electron chi connectivity index (χ2n) is 3.15. The van der Waals surface area contributed by atoms with E-state index >= 15 is 0 Å². The Bertz CT molecular complexity index is 498. The number of carbonyl (C=O) groups is 1. The number of esters is 1. The van der Waals surface area contributed by atoms with Gasteiger partial charge < -0.3 is 14.3 Å². The van der Waals surface area contributed by atoms with Gasteiger partial charge in [0.2, 0.25) is 0 Å². The molecule has 0 bridgehead atoms. The van der Waals surface area contributed by atoms with Gasteiger partial charge >= 0.3 is 5.97 Å². The molecular formula is C11H10O4. The van der Waals surface area contributed by atoms with E-state index in [1.165, 1.54) is 7.11 Å². The van der Waals surface area contributed by atoms with Gasteiger partial charge in [-0.1, -0.05) is 6.07 Å². The van der Waals surface area contributed by atoms with Crippen LogP contribution in [-0.2, 0) is 16.0 Å². The number of phenolic OH excluding ortho intramolecular Hbond substituents is 1. The predicted octanol–water partition coefficient (Wildman–Crippen LogP) is 1.85. The first-order valence-corrected chi connectivity index (χ1v) is 4.48. The highest BCUT2D eigenvalue weighted by molar-refractivity contribution is 5.85. The highest BCUT2D eigenvalue weighted by atomic mass is 16.5. The molecule has 0 aliphatic rings. The summed E-state index contributed by atoms with van der Waals surface area (Å²) >= 11 is 0. The minimum atomic E-state index is -0.367. The number of ether oxygens (including phenoxy) is 1. The fourth-order valence-electron chi connectivity index (χ4n) is 1.40. The van der Waals surface area contributed by atoms with E-state index in [4.69, 9.17) is 4.42 Å². The van der Waals surface area contributed by atoms with Crippen molar-refractivity contribution in [3.05, 3.63) is 30.0 Å². The first-order chi connectivity index (χ1) is 7.20. The Labute approximate surface area is 86.1 Å². The van der Waals surface area contributed by atoms with Crippen LogP contribution >= 0.6 is 0 Å². The molecule has 2 aromatic rings. The molecule has 1 N–H and O–H groups in total.